The third-order valence-corrected chi connectivity index (χ3v) is 3.13. The highest BCUT2D eigenvalue weighted by Gasteiger charge is 2.16. The number of halogens is 2. The first kappa shape index (κ1) is 11.2. The molecule has 0 bridgehead atoms. The lowest BCUT2D eigenvalue weighted by Crippen LogP contribution is -2.03. The molecule has 0 aliphatic carbocycles. The van der Waals surface area contributed by atoms with Crippen molar-refractivity contribution in [2.24, 2.45) is 0 Å². The predicted molar refractivity (Wildman–Crippen MR) is 58.4 cm³/mol. The number of carbonyl (C=O) groups is 1. The third kappa shape index (κ3) is 1.97. The van der Waals surface area contributed by atoms with Gasteiger partial charge in [-0.05, 0) is 27.6 Å². The molecule has 14 heavy (non-hydrogen) atoms. The largest absolute Gasteiger partial charge is 0.478 e. The second kappa shape index (κ2) is 4.58. The number of alkyl halides is 1. The monoisotopic (exact) mass is 317 g/mol. The maximum Gasteiger partial charge on any atom is 0.337 e. The van der Waals surface area contributed by atoms with Gasteiger partial charge in [0.1, 0.15) is 6.07 Å². The zero-order valence-corrected chi connectivity index (χ0v) is 10.1. The van der Waals surface area contributed by atoms with E-state index in [0.717, 1.165) is 0 Å². The minimum atomic E-state index is -1.04. The van der Waals surface area contributed by atoms with Gasteiger partial charge in [0.05, 0.1) is 15.6 Å². The summed E-state index contributed by atoms with van der Waals surface area (Å²) >= 11 is 6.30. The van der Waals surface area contributed by atoms with Gasteiger partial charge in [-0.2, -0.15) is 5.26 Å². The summed E-state index contributed by atoms with van der Waals surface area (Å²) in [5.74, 6) is -1.04. The molecule has 72 valence electrons. The van der Waals surface area contributed by atoms with Crippen LogP contribution >= 0.6 is 31.9 Å². The van der Waals surface area contributed by atoms with E-state index in [1.54, 1.807) is 12.1 Å². The minimum Gasteiger partial charge on any atom is -0.478 e. The fourth-order valence-corrected chi connectivity index (χ4v) is 2.16. The molecule has 5 heteroatoms. The number of hydrogen-bond acceptors (Lipinski definition) is 2. The van der Waals surface area contributed by atoms with Gasteiger partial charge in [0.25, 0.3) is 0 Å². The smallest absolute Gasteiger partial charge is 0.337 e. The maximum absolute atomic E-state index is 10.9. The van der Waals surface area contributed by atoms with Crippen molar-refractivity contribution in [3.63, 3.8) is 0 Å². The van der Waals surface area contributed by atoms with Crippen molar-refractivity contribution in [3.8, 4) is 6.07 Å². The van der Waals surface area contributed by atoms with Gasteiger partial charge in [-0.3, -0.25) is 0 Å². The average molecular weight is 319 g/mol. The maximum atomic E-state index is 10.9. The Morgan fingerprint density at radius 1 is 1.57 bits per heavy atom. The van der Waals surface area contributed by atoms with Crippen molar-refractivity contribution in [1.82, 2.24) is 0 Å². The third-order valence-electron chi connectivity index (χ3n) is 1.71. The Balaban J connectivity index is 3.49. The van der Waals surface area contributed by atoms with Gasteiger partial charge >= 0.3 is 5.97 Å². The predicted octanol–water partition coefficient (Wildman–Crippen LogP) is 2.91. The molecular weight excluding hydrogens is 314 g/mol. The summed E-state index contributed by atoms with van der Waals surface area (Å²) in [5.41, 5.74) is 1.11. The molecular formula is C9H5Br2NO2. The first-order valence-corrected chi connectivity index (χ1v) is 5.54. The average Bonchev–Trinajstić information content (AvgIpc) is 2.16. The summed E-state index contributed by atoms with van der Waals surface area (Å²) in [6.07, 6.45) is 0. The van der Waals surface area contributed by atoms with Gasteiger partial charge in [-0.25, -0.2) is 4.79 Å². The molecule has 0 atom stereocenters. The first-order valence-electron chi connectivity index (χ1n) is 3.62. The van der Waals surface area contributed by atoms with E-state index in [9.17, 15) is 4.79 Å². The fraction of sp³-hybridized carbons (Fsp3) is 0.111. The highest BCUT2D eigenvalue weighted by Crippen LogP contribution is 2.26. The second-order valence-corrected chi connectivity index (χ2v) is 3.87. The van der Waals surface area contributed by atoms with E-state index in [1.165, 1.54) is 0 Å². The van der Waals surface area contributed by atoms with Crippen LogP contribution in [0.2, 0.25) is 0 Å². The number of nitriles is 1. The Labute approximate surface area is 97.6 Å². The molecule has 1 rings (SSSR count). The van der Waals surface area contributed by atoms with Gasteiger partial charge in [-0.1, -0.05) is 22.0 Å². The number of carboxylic acids is 1. The van der Waals surface area contributed by atoms with Crippen molar-refractivity contribution >= 4 is 37.8 Å². The summed E-state index contributed by atoms with van der Waals surface area (Å²) in [4.78, 5) is 10.9. The normalized spacial score (nSPS) is 9.50. The quantitative estimate of drug-likeness (QED) is 0.853. The van der Waals surface area contributed by atoms with Gasteiger partial charge < -0.3 is 5.11 Å². The highest BCUT2D eigenvalue weighted by molar-refractivity contribution is 9.10. The summed E-state index contributed by atoms with van der Waals surface area (Å²) in [6, 6.07) is 5.13. The molecule has 0 aromatic heterocycles. The van der Waals surface area contributed by atoms with Crippen molar-refractivity contribution in [3.05, 3.63) is 33.3 Å². The van der Waals surface area contributed by atoms with Crippen LogP contribution in [0.1, 0.15) is 21.5 Å². The van der Waals surface area contributed by atoms with E-state index in [4.69, 9.17) is 10.4 Å². The van der Waals surface area contributed by atoms with Crippen LogP contribution in [0.4, 0.5) is 0 Å². The minimum absolute atomic E-state index is 0.140. The Bertz CT molecular complexity index is 424. The summed E-state index contributed by atoms with van der Waals surface area (Å²) in [7, 11) is 0. The fourth-order valence-electron chi connectivity index (χ4n) is 1.04. The molecule has 0 saturated carbocycles. The van der Waals surface area contributed by atoms with E-state index in [0.29, 0.717) is 20.9 Å². The topological polar surface area (TPSA) is 61.1 Å². The molecule has 0 fully saturated rings. The molecule has 3 nitrogen and oxygen atoms in total. The standard InChI is InChI=1S/C9H5Br2NO2/c10-3-5-1-2-6(4-12)8(11)7(5)9(13)14/h1-2H,3H2,(H,13,14). The molecule has 1 aromatic rings. The SMILES string of the molecule is N#Cc1ccc(CBr)c(C(=O)O)c1Br. The van der Waals surface area contributed by atoms with E-state index in [2.05, 4.69) is 31.9 Å². The first-order chi connectivity index (χ1) is 6.61. The van der Waals surface area contributed by atoms with Gasteiger partial charge in [0.15, 0.2) is 0 Å². The van der Waals surface area contributed by atoms with Crippen LogP contribution in [0.25, 0.3) is 0 Å². The van der Waals surface area contributed by atoms with Crippen LogP contribution in [0.15, 0.2) is 16.6 Å². The van der Waals surface area contributed by atoms with E-state index < -0.39 is 5.97 Å². The van der Waals surface area contributed by atoms with E-state index in [-0.39, 0.29) is 5.56 Å². The number of nitrogens with zero attached hydrogens (tertiary/aromatic N) is 1. The highest BCUT2D eigenvalue weighted by atomic mass is 79.9. The summed E-state index contributed by atoms with van der Waals surface area (Å²) in [6.45, 7) is 0. The molecule has 0 spiro atoms. The molecule has 0 radical (unpaired) electrons. The molecule has 0 saturated heterocycles. The number of rotatable bonds is 2. The van der Waals surface area contributed by atoms with Crippen molar-refractivity contribution in [2.75, 3.05) is 0 Å². The zero-order chi connectivity index (χ0) is 10.7. The number of carboxylic acid groups (broad SMARTS) is 1. The second-order valence-electron chi connectivity index (χ2n) is 2.51. The lowest BCUT2D eigenvalue weighted by atomic mass is 10.1. The Morgan fingerprint density at radius 3 is 2.64 bits per heavy atom. The molecule has 0 aliphatic rings. The Morgan fingerprint density at radius 2 is 2.21 bits per heavy atom. The molecule has 0 unspecified atom stereocenters. The number of hydrogen-bond donors (Lipinski definition) is 1. The van der Waals surface area contributed by atoms with Crippen LogP contribution in [-0.4, -0.2) is 11.1 Å². The molecule has 1 aromatic carbocycles. The summed E-state index contributed by atoms with van der Waals surface area (Å²) in [5, 5.41) is 18.1. The van der Waals surface area contributed by atoms with Crippen LogP contribution in [0.5, 0.6) is 0 Å². The van der Waals surface area contributed by atoms with E-state index >= 15 is 0 Å². The van der Waals surface area contributed by atoms with Crippen LogP contribution < -0.4 is 0 Å². The van der Waals surface area contributed by atoms with E-state index in [1.807, 2.05) is 6.07 Å². The van der Waals surface area contributed by atoms with Crippen LogP contribution in [0, 0.1) is 11.3 Å². The summed E-state index contributed by atoms with van der Waals surface area (Å²) < 4.78 is 0.337. The Kier molecular flexibility index (Phi) is 3.67. The van der Waals surface area contributed by atoms with Crippen molar-refractivity contribution < 1.29 is 9.90 Å². The lowest BCUT2D eigenvalue weighted by molar-refractivity contribution is 0.0695. The Hall–Kier alpha value is -0.860. The van der Waals surface area contributed by atoms with Crippen LogP contribution in [-0.2, 0) is 5.33 Å². The molecule has 0 aliphatic heterocycles. The number of aromatic carboxylic acids is 1. The number of benzene rings is 1. The van der Waals surface area contributed by atoms with Crippen molar-refractivity contribution in [1.29, 1.82) is 5.26 Å². The van der Waals surface area contributed by atoms with Gasteiger partial charge in [-0.15, -0.1) is 0 Å². The molecule has 1 N–H and O–H groups in total. The van der Waals surface area contributed by atoms with Crippen LogP contribution in [0.3, 0.4) is 0 Å². The van der Waals surface area contributed by atoms with Gasteiger partial charge in [0.2, 0.25) is 0 Å². The molecule has 0 heterocycles. The van der Waals surface area contributed by atoms with Crippen molar-refractivity contribution in [2.45, 2.75) is 5.33 Å². The molecule has 0 amide bonds. The lowest BCUT2D eigenvalue weighted by Gasteiger charge is -2.06. The zero-order valence-electron chi connectivity index (χ0n) is 6.92. The van der Waals surface area contributed by atoms with Gasteiger partial charge in [0, 0.05) is 5.33 Å².